The molecule has 1 unspecified atom stereocenters. The molecule has 118 valence electrons. The zero-order valence-corrected chi connectivity index (χ0v) is 13.4. The third kappa shape index (κ3) is 3.34. The minimum absolute atomic E-state index is 0.0358. The van der Waals surface area contributed by atoms with E-state index in [1.54, 1.807) is 0 Å². The summed E-state index contributed by atoms with van der Waals surface area (Å²) in [6.45, 7) is 3.19. The summed E-state index contributed by atoms with van der Waals surface area (Å²) in [5, 5.41) is 0. The zero-order chi connectivity index (χ0) is 16.2. The Morgan fingerprint density at radius 1 is 1.00 bits per heavy atom. The highest BCUT2D eigenvalue weighted by atomic mass is 16.2. The van der Waals surface area contributed by atoms with Crippen molar-refractivity contribution < 1.29 is 9.59 Å². The molecule has 1 aliphatic heterocycles. The van der Waals surface area contributed by atoms with Crippen molar-refractivity contribution in [3.63, 3.8) is 0 Å². The number of nitrogens with zero attached hydrogens (tertiary/aromatic N) is 1. The molecule has 0 N–H and O–H groups in total. The fraction of sp³-hybridized carbons (Fsp3) is 0.300. The highest BCUT2D eigenvalue weighted by Gasteiger charge is 2.29. The second kappa shape index (κ2) is 6.78. The van der Waals surface area contributed by atoms with Gasteiger partial charge in [-0.3, -0.25) is 9.59 Å². The van der Waals surface area contributed by atoms with Crippen molar-refractivity contribution in [2.24, 2.45) is 5.92 Å². The highest BCUT2D eigenvalue weighted by molar-refractivity contribution is 5.99. The average Bonchev–Trinajstić information content (AvgIpc) is 2.62. The Kier molecular flexibility index (Phi) is 4.56. The van der Waals surface area contributed by atoms with Gasteiger partial charge in [0.1, 0.15) is 0 Å². The van der Waals surface area contributed by atoms with Crippen LogP contribution in [0.25, 0.3) is 0 Å². The van der Waals surface area contributed by atoms with E-state index in [-0.39, 0.29) is 17.6 Å². The van der Waals surface area contributed by atoms with Crippen LogP contribution in [0.15, 0.2) is 54.6 Å². The minimum Gasteiger partial charge on any atom is -0.338 e. The first kappa shape index (κ1) is 15.5. The van der Waals surface area contributed by atoms with E-state index in [0.29, 0.717) is 6.54 Å². The predicted molar refractivity (Wildman–Crippen MR) is 90.6 cm³/mol. The number of carbonyl (C=O) groups excluding carboxylic acids is 2. The Morgan fingerprint density at radius 2 is 1.70 bits per heavy atom. The fourth-order valence-electron chi connectivity index (χ4n) is 3.20. The van der Waals surface area contributed by atoms with Crippen LogP contribution >= 0.6 is 0 Å². The first-order chi connectivity index (χ1) is 11.2. The van der Waals surface area contributed by atoms with Gasteiger partial charge in [0.05, 0.1) is 0 Å². The summed E-state index contributed by atoms with van der Waals surface area (Å²) in [4.78, 5) is 27.2. The number of aryl methyl sites for hydroxylation is 1. The number of Topliss-reactive ketones (excluding diaryl/α,β-unsaturated/α-hetero) is 1. The lowest BCUT2D eigenvalue weighted by Gasteiger charge is -2.32. The predicted octanol–water partition coefficient (Wildman–Crippen LogP) is 3.73. The Hall–Kier alpha value is -2.42. The lowest BCUT2D eigenvalue weighted by molar-refractivity contribution is 0.0636. The molecule has 1 saturated heterocycles. The Bertz CT molecular complexity index is 709. The number of likely N-dealkylation sites (tertiary alicyclic amines) is 1. The van der Waals surface area contributed by atoms with Gasteiger partial charge in [-0.25, -0.2) is 0 Å². The number of benzene rings is 2. The largest absolute Gasteiger partial charge is 0.338 e. The van der Waals surface area contributed by atoms with Gasteiger partial charge in [-0.05, 0) is 31.4 Å². The number of ketones is 1. The molecule has 0 saturated carbocycles. The first-order valence-electron chi connectivity index (χ1n) is 8.11. The summed E-state index contributed by atoms with van der Waals surface area (Å²) < 4.78 is 0. The number of carbonyl (C=O) groups is 2. The molecule has 3 nitrogen and oxygen atoms in total. The maximum atomic E-state index is 12.7. The number of piperidine rings is 1. The molecule has 1 fully saturated rings. The number of rotatable bonds is 3. The highest BCUT2D eigenvalue weighted by Crippen LogP contribution is 2.23. The van der Waals surface area contributed by atoms with Crippen molar-refractivity contribution in [1.29, 1.82) is 0 Å². The van der Waals surface area contributed by atoms with Crippen LogP contribution in [-0.2, 0) is 0 Å². The minimum atomic E-state index is -0.0980. The fourth-order valence-corrected chi connectivity index (χ4v) is 3.20. The van der Waals surface area contributed by atoms with E-state index in [1.807, 2.05) is 66.4 Å². The molecule has 3 heteroatoms. The molecule has 0 aliphatic carbocycles. The van der Waals surface area contributed by atoms with E-state index in [1.165, 1.54) is 0 Å². The van der Waals surface area contributed by atoms with Crippen LogP contribution in [0, 0.1) is 12.8 Å². The molecule has 0 spiro atoms. The van der Waals surface area contributed by atoms with Crippen molar-refractivity contribution in [2.45, 2.75) is 19.8 Å². The van der Waals surface area contributed by atoms with Gasteiger partial charge in [-0.1, -0.05) is 48.5 Å². The molecule has 0 aromatic heterocycles. The second-order valence-electron chi connectivity index (χ2n) is 6.14. The Balaban J connectivity index is 1.75. The molecule has 3 rings (SSSR count). The van der Waals surface area contributed by atoms with E-state index in [0.717, 1.165) is 36.1 Å². The van der Waals surface area contributed by atoms with E-state index < -0.39 is 0 Å². The lowest BCUT2D eigenvalue weighted by atomic mass is 9.89. The average molecular weight is 307 g/mol. The molecule has 0 radical (unpaired) electrons. The van der Waals surface area contributed by atoms with Gasteiger partial charge in [0.25, 0.3) is 5.91 Å². The van der Waals surface area contributed by atoms with Gasteiger partial charge in [-0.2, -0.15) is 0 Å². The van der Waals surface area contributed by atoms with Crippen molar-refractivity contribution in [3.05, 3.63) is 71.3 Å². The van der Waals surface area contributed by atoms with Gasteiger partial charge in [0.2, 0.25) is 0 Å². The summed E-state index contributed by atoms with van der Waals surface area (Å²) in [6, 6.07) is 17.0. The molecule has 1 amide bonds. The lowest BCUT2D eigenvalue weighted by Crippen LogP contribution is -2.42. The SMILES string of the molecule is Cc1ccccc1C(=O)N1CCCC(C(=O)c2ccccc2)C1. The summed E-state index contributed by atoms with van der Waals surface area (Å²) in [6.07, 6.45) is 1.73. The normalized spacial score (nSPS) is 17.8. The zero-order valence-electron chi connectivity index (χ0n) is 13.4. The second-order valence-corrected chi connectivity index (χ2v) is 6.14. The van der Waals surface area contributed by atoms with E-state index in [9.17, 15) is 9.59 Å². The molecule has 1 aliphatic rings. The van der Waals surface area contributed by atoms with Crippen LogP contribution in [0.4, 0.5) is 0 Å². The molecule has 2 aromatic rings. The topological polar surface area (TPSA) is 37.4 Å². The summed E-state index contributed by atoms with van der Waals surface area (Å²) in [5.74, 6) is 0.0839. The van der Waals surface area contributed by atoms with Crippen LogP contribution in [0.5, 0.6) is 0 Å². The molecule has 2 aromatic carbocycles. The van der Waals surface area contributed by atoms with Crippen molar-refractivity contribution >= 4 is 11.7 Å². The van der Waals surface area contributed by atoms with E-state index in [2.05, 4.69) is 0 Å². The maximum Gasteiger partial charge on any atom is 0.254 e. The molecule has 1 heterocycles. The smallest absolute Gasteiger partial charge is 0.254 e. The Morgan fingerprint density at radius 3 is 2.43 bits per heavy atom. The molecule has 0 bridgehead atoms. The Labute approximate surface area is 136 Å². The van der Waals surface area contributed by atoms with Crippen molar-refractivity contribution in [2.75, 3.05) is 13.1 Å². The maximum absolute atomic E-state index is 12.7. The molecular formula is C20H21NO2. The van der Waals surface area contributed by atoms with Gasteiger partial charge >= 0.3 is 0 Å². The van der Waals surface area contributed by atoms with Crippen LogP contribution in [-0.4, -0.2) is 29.7 Å². The van der Waals surface area contributed by atoms with Crippen LogP contribution in [0.1, 0.15) is 39.1 Å². The molecular weight excluding hydrogens is 286 g/mol. The summed E-state index contributed by atoms with van der Waals surface area (Å²) in [7, 11) is 0. The van der Waals surface area contributed by atoms with Crippen molar-refractivity contribution in [1.82, 2.24) is 4.90 Å². The third-order valence-electron chi connectivity index (χ3n) is 4.51. The first-order valence-corrected chi connectivity index (χ1v) is 8.11. The van der Waals surface area contributed by atoms with E-state index in [4.69, 9.17) is 0 Å². The van der Waals surface area contributed by atoms with Gasteiger partial charge in [0, 0.05) is 30.1 Å². The molecule has 1 atom stereocenters. The van der Waals surface area contributed by atoms with Crippen LogP contribution in [0.2, 0.25) is 0 Å². The number of hydrogen-bond acceptors (Lipinski definition) is 2. The number of amides is 1. The monoisotopic (exact) mass is 307 g/mol. The number of hydrogen-bond donors (Lipinski definition) is 0. The summed E-state index contributed by atoms with van der Waals surface area (Å²) >= 11 is 0. The quantitative estimate of drug-likeness (QED) is 0.810. The van der Waals surface area contributed by atoms with Crippen molar-refractivity contribution in [3.8, 4) is 0 Å². The molecule has 23 heavy (non-hydrogen) atoms. The van der Waals surface area contributed by atoms with Gasteiger partial charge in [-0.15, -0.1) is 0 Å². The van der Waals surface area contributed by atoms with Crippen LogP contribution in [0.3, 0.4) is 0 Å². The standard InChI is InChI=1S/C20H21NO2/c1-15-8-5-6-12-18(15)20(23)21-13-7-11-17(14-21)19(22)16-9-3-2-4-10-16/h2-6,8-10,12,17H,7,11,13-14H2,1H3. The van der Waals surface area contributed by atoms with Gasteiger partial charge < -0.3 is 4.90 Å². The van der Waals surface area contributed by atoms with Gasteiger partial charge in [0.15, 0.2) is 5.78 Å². The van der Waals surface area contributed by atoms with E-state index >= 15 is 0 Å². The summed E-state index contributed by atoms with van der Waals surface area (Å²) in [5.41, 5.74) is 2.46. The van der Waals surface area contributed by atoms with Crippen LogP contribution < -0.4 is 0 Å². The third-order valence-corrected chi connectivity index (χ3v) is 4.51.